The number of ether oxygens (including phenoxy) is 1. The largest absolute Gasteiger partial charge is 0.408 e. The first-order valence-corrected chi connectivity index (χ1v) is 11.3. The van der Waals surface area contributed by atoms with Crippen LogP contribution in [0.1, 0.15) is 29.8 Å². The summed E-state index contributed by atoms with van der Waals surface area (Å²) in [5, 5.41) is 4.27. The van der Waals surface area contributed by atoms with Crippen molar-refractivity contribution in [3.05, 3.63) is 48.1 Å². The number of carbonyl (C=O) groups is 1. The number of halogens is 5. The lowest BCUT2D eigenvalue weighted by atomic mass is 9.79. The van der Waals surface area contributed by atoms with Gasteiger partial charge in [-0.2, -0.15) is 18.3 Å². The third-order valence-electron chi connectivity index (χ3n) is 6.75. The number of amides is 1. The Balaban J connectivity index is 1.45. The molecule has 0 aromatic carbocycles. The van der Waals surface area contributed by atoms with Crippen molar-refractivity contribution in [2.75, 3.05) is 19.7 Å². The number of hydrogen-bond donors (Lipinski definition) is 0. The van der Waals surface area contributed by atoms with Crippen LogP contribution >= 0.6 is 0 Å². The molecule has 13 heteroatoms. The highest BCUT2D eigenvalue weighted by Crippen LogP contribution is 2.38. The van der Waals surface area contributed by atoms with Gasteiger partial charge in [-0.05, 0) is 25.3 Å². The molecule has 4 aromatic heterocycles. The Morgan fingerprint density at radius 3 is 2.67 bits per heavy atom. The lowest BCUT2D eigenvalue weighted by molar-refractivity contribution is -0.142. The molecule has 6 rings (SSSR count). The van der Waals surface area contributed by atoms with Crippen molar-refractivity contribution in [1.82, 2.24) is 29.0 Å². The Hall–Kier alpha value is -3.61. The second-order valence-electron chi connectivity index (χ2n) is 9.16. The van der Waals surface area contributed by atoms with Crippen LogP contribution < -0.4 is 0 Å². The zero-order chi connectivity index (χ0) is 25.2. The molecule has 0 N–H and O–H groups in total. The average molecular weight is 506 g/mol. The number of alkyl halides is 3. The summed E-state index contributed by atoms with van der Waals surface area (Å²) < 4.78 is 75.8. The summed E-state index contributed by atoms with van der Waals surface area (Å²) in [6.45, 7) is -0.295. The summed E-state index contributed by atoms with van der Waals surface area (Å²) in [4.78, 5) is 23.0. The molecule has 1 amide bonds. The number of imidazole rings is 1. The average Bonchev–Trinajstić information content (AvgIpc) is 3.37. The summed E-state index contributed by atoms with van der Waals surface area (Å²) in [6.07, 6.45) is 1.53. The second-order valence-corrected chi connectivity index (χ2v) is 9.16. The fraction of sp³-hybridized carbons (Fsp3) is 0.391. The van der Waals surface area contributed by atoms with Crippen LogP contribution in [0.4, 0.5) is 22.0 Å². The number of carbonyl (C=O) groups excluding carboxylic acids is 1. The van der Waals surface area contributed by atoms with Crippen LogP contribution in [0.15, 0.2) is 30.7 Å². The molecule has 8 nitrogen and oxygen atoms in total. The molecular formula is C23H19F5N6O2. The molecule has 36 heavy (non-hydrogen) atoms. The summed E-state index contributed by atoms with van der Waals surface area (Å²) in [7, 11) is 0. The molecule has 1 saturated carbocycles. The lowest BCUT2D eigenvalue weighted by Gasteiger charge is -2.48. The van der Waals surface area contributed by atoms with Crippen molar-refractivity contribution in [2.24, 2.45) is 0 Å². The van der Waals surface area contributed by atoms with Gasteiger partial charge in [-0.3, -0.25) is 18.9 Å². The van der Waals surface area contributed by atoms with Gasteiger partial charge in [0.2, 0.25) is 0 Å². The van der Waals surface area contributed by atoms with Gasteiger partial charge in [-0.1, -0.05) is 0 Å². The fourth-order valence-corrected chi connectivity index (χ4v) is 4.91. The molecule has 0 atom stereocenters. The quantitative estimate of drug-likeness (QED) is 0.393. The molecule has 188 valence electrons. The lowest BCUT2D eigenvalue weighted by Crippen LogP contribution is -2.57. The minimum Gasteiger partial charge on any atom is -0.371 e. The van der Waals surface area contributed by atoms with Crippen molar-refractivity contribution in [2.45, 2.75) is 37.6 Å². The molecular weight excluding hydrogens is 487 g/mol. The van der Waals surface area contributed by atoms with E-state index in [1.165, 1.54) is 18.5 Å². The monoisotopic (exact) mass is 506 g/mol. The predicted molar refractivity (Wildman–Crippen MR) is 116 cm³/mol. The Labute approximate surface area is 200 Å². The van der Waals surface area contributed by atoms with Crippen molar-refractivity contribution in [3.8, 4) is 11.4 Å². The summed E-state index contributed by atoms with van der Waals surface area (Å²) in [5.41, 5.74) is -0.491. The first-order chi connectivity index (χ1) is 17.1. The molecule has 1 spiro atoms. The van der Waals surface area contributed by atoms with Gasteiger partial charge in [0.05, 0.1) is 36.2 Å². The topological polar surface area (TPSA) is 77.6 Å². The van der Waals surface area contributed by atoms with E-state index in [0.29, 0.717) is 30.4 Å². The van der Waals surface area contributed by atoms with Crippen LogP contribution in [0.3, 0.4) is 0 Å². The van der Waals surface area contributed by atoms with Crippen LogP contribution in [0.5, 0.6) is 0 Å². The van der Waals surface area contributed by atoms with Crippen LogP contribution in [0.25, 0.3) is 27.9 Å². The number of pyridine rings is 2. The van der Waals surface area contributed by atoms with Crippen LogP contribution in [0.2, 0.25) is 0 Å². The van der Waals surface area contributed by atoms with Crippen molar-refractivity contribution in [1.29, 1.82) is 0 Å². The van der Waals surface area contributed by atoms with Gasteiger partial charge >= 0.3 is 6.18 Å². The maximum atomic E-state index is 14.2. The maximum Gasteiger partial charge on any atom is 0.408 e. The zero-order valence-electron chi connectivity index (χ0n) is 18.7. The highest BCUT2D eigenvalue weighted by atomic mass is 19.4. The minimum absolute atomic E-state index is 0.00181. The van der Waals surface area contributed by atoms with Gasteiger partial charge in [0.15, 0.2) is 11.5 Å². The Morgan fingerprint density at radius 2 is 1.94 bits per heavy atom. The molecule has 2 fully saturated rings. The van der Waals surface area contributed by atoms with E-state index in [9.17, 15) is 26.7 Å². The van der Waals surface area contributed by atoms with Crippen LogP contribution in [-0.2, 0) is 11.3 Å². The SMILES string of the molecule is O=C(c1cc2c(cn1)c(-c1cnc3c(F)cc(F)cn13)nn2CC(F)(F)F)N1CCOC2(CCC2)C1. The molecule has 0 radical (unpaired) electrons. The van der Waals surface area contributed by atoms with Crippen LogP contribution in [-0.4, -0.2) is 66.4 Å². The summed E-state index contributed by atoms with van der Waals surface area (Å²) in [6, 6.07) is 1.93. The van der Waals surface area contributed by atoms with Gasteiger partial charge in [0.1, 0.15) is 23.7 Å². The first-order valence-electron chi connectivity index (χ1n) is 11.3. The van der Waals surface area contributed by atoms with Crippen molar-refractivity contribution < 1.29 is 31.5 Å². The molecule has 5 heterocycles. The summed E-state index contributed by atoms with van der Waals surface area (Å²) >= 11 is 0. The Bertz CT molecular complexity index is 1510. The predicted octanol–water partition coefficient (Wildman–Crippen LogP) is 3.98. The summed E-state index contributed by atoms with van der Waals surface area (Å²) in [5.74, 6) is -2.23. The first kappa shape index (κ1) is 22.8. The number of morpholine rings is 1. The number of rotatable bonds is 3. The van der Waals surface area contributed by atoms with E-state index in [1.54, 1.807) is 4.90 Å². The van der Waals surface area contributed by atoms with E-state index in [1.807, 2.05) is 0 Å². The normalized spacial score (nSPS) is 17.8. The van der Waals surface area contributed by atoms with E-state index < -0.39 is 30.3 Å². The van der Waals surface area contributed by atoms with Crippen molar-refractivity contribution in [3.63, 3.8) is 0 Å². The van der Waals surface area contributed by atoms with E-state index >= 15 is 0 Å². The van der Waals surface area contributed by atoms with Crippen LogP contribution in [0, 0.1) is 11.6 Å². The Kier molecular flexibility index (Phi) is 5.04. The highest BCUT2D eigenvalue weighted by Gasteiger charge is 2.43. The number of aromatic nitrogens is 5. The van der Waals surface area contributed by atoms with Gasteiger partial charge in [-0.15, -0.1) is 0 Å². The molecule has 4 aromatic rings. The van der Waals surface area contributed by atoms with Gasteiger partial charge in [0, 0.05) is 30.4 Å². The molecule has 1 aliphatic heterocycles. The minimum atomic E-state index is -4.61. The van der Waals surface area contributed by atoms with E-state index in [4.69, 9.17) is 4.74 Å². The molecule has 1 saturated heterocycles. The molecule has 0 unspecified atom stereocenters. The van der Waals surface area contributed by atoms with E-state index in [0.717, 1.165) is 29.9 Å². The highest BCUT2D eigenvalue weighted by molar-refractivity contribution is 5.99. The van der Waals surface area contributed by atoms with Gasteiger partial charge in [0.25, 0.3) is 5.91 Å². The molecule has 0 bridgehead atoms. The smallest absolute Gasteiger partial charge is 0.371 e. The standard InChI is InChI=1S/C23H19F5N6O2/c24-13-6-15(25)20-30-9-18(33(20)10-13)19-14-8-29-16(7-17(14)34(31-19)12-23(26,27)28)21(35)32-4-5-36-22(11-32)2-1-3-22/h6-10H,1-5,11-12H2. The maximum absolute atomic E-state index is 14.2. The number of nitrogens with zero attached hydrogens (tertiary/aromatic N) is 6. The van der Waals surface area contributed by atoms with Gasteiger partial charge in [-0.25, -0.2) is 13.8 Å². The fourth-order valence-electron chi connectivity index (χ4n) is 4.91. The molecule has 2 aliphatic rings. The number of hydrogen-bond acceptors (Lipinski definition) is 5. The zero-order valence-corrected chi connectivity index (χ0v) is 18.7. The number of fused-ring (bicyclic) bond motifs is 2. The van der Waals surface area contributed by atoms with Crippen molar-refractivity contribution >= 4 is 22.5 Å². The second kappa shape index (κ2) is 7.95. The van der Waals surface area contributed by atoms with Gasteiger partial charge < -0.3 is 9.64 Å². The molecule has 1 aliphatic carbocycles. The third kappa shape index (κ3) is 3.77. The van der Waals surface area contributed by atoms with E-state index in [-0.39, 0.29) is 39.2 Å². The Morgan fingerprint density at radius 1 is 1.14 bits per heavy atom. The third-order valence-corrected chi connectivity index (χ3v) is 6.75. The van der Waals surface area contributed by atoms with E-state index in [2.05, 4.69) is 15.1 Å².